The van der Waals surface area contributed by atoms with E-state index in [1.165, 1.54) is 0 Å². The number of hydrogen-bond acceptors (Lipinski definition) is 5. The Morgan fingerprint density at radius 2 is 1.69 bits per heavy atom. The molecule has 3 rings (SSSR count). The van der Waals surface area contributed by atoms with E-state index < -0.39 is 0 Å². The average molecular weight is 354 g/mol. The minimum Gasteiger partial charge on any atom is -0.475 e. The number of nitrogens with two attached hydrogens (primary N) is 1. The largest absolute Gasteiger partial charge is 0.475 e. The molecule has 1 heterocycles. The molecule has 0 aromatic heterocycles. The first-order valence-corrected chi connectivity index (χ1v) is 9.04. The number of carbonyl (C=O) groups is 1. The molecule has 2 aromatic rings. The van der Waals surface area contributed by atoms with E-state index in [4.69, 9.17) is 10.6 Å². The number of nitrogens with zero attached hydrogens (tertiary/aromatic N) is 1. The van der Waals surface area contributed by atoms with Crippen molar-refractivity contribution in [1.29, 1.82) is 0 Å². The summed E-state index contributed by atoms with van der Waals surface area (Å²) in [6.45, 7) is 6.20. The molecular formula is C20H26N4O2. The molecule has 138 valence electrons. The zero-order valence-electron chi connectivity index (χ0n) is 15.1. The van der Waals surface area contributed by atoms with Crippen LogP contribution < -0.4 is 21.3 Å². The van der Waals surface area contributed by atoms with Crippen molar-refractivity contribution < 1.29 is 9.53 Å². The maximum atomic E-state index is 11.5. The lowest BCUT2D eigenvalue weighted by Gasteiger charge is -2.34. The highest BCUT2D eigenvalue weighted by Gasteiger charge is 2.20. The first kappa shape index (κ1) is 18.4. The maximum absolute atomic E-state index is 11.5. The average Bonchev–Trinajstić information content (AvgIpc) is 2.72. The van der Waals surface area contributed by atoms with Gasteiger partial charge in [0.1, 0.15) is 5.75 Å². The van der Waals surface area contributed by atoms with E-state index in [1.54, 1.807) is 12.1 Å². The van der Waals surface area contributed by atoms with Gasteiger partial charge >= 0.3 is 0 Å². The molecule has 1 unspecified atom stereocenters. The zero-order chi connectivity index (χ0) is 18.4. The fourth-order valence-corrected chi connectivity index (χ4v) is 3.17. The van der Waals surface area contributed by atoms with E-state index in [0.29, 0.717) is 5.56 Å². The lowest BCUT2D eigenvalue weighted by Crippen LogP contribution is -2.50. The summed E-state index contributed by atoms with van der Waals surface area (Å²) >= 11 is 0. The molecule has 1 fully saturated rings. The Balaban J connectivity index is 1.66. The molecule has 0 radical (unpaired) electrons. The summed E-state index contributed by atoms with van der Waals surface area (Å²) in [6, 6.07) is 15.4. The molecule has 6 nitrogen and oxygen atoms in total. The third-order valence-electron chi connectivity index (χ3n) is 4.65. The lowest BCUT2D eigenvalue weighted by molar-refractivity contribution is 0.0144. The van der Waals surface area contributed by atoms with Gasteiger partial charge in [-0.05, 0) is 41.8 Å². The van der Waals surface area contributed by atoms with Crippen molar-refractivity contribution >= 4 is 5.91 Å². The molecule has 1 saturated heterocycles. The van der Waals surface area contributed by atoms with Crippen molar-refractivity contribution in [2.24, 2.45) is 5.84 Å². The van der Waals surface area contributed by atoms with Crippen molar-refractivity contribution in [3.05, 3.63) is 54.1 Å². The van der Waals surface area contributed by atoms with E-state index >= 15 is 0 Å². The van der Waals surface area contributed by atoms with Crippen LogP contribution in [0.1, 0.15) is 23.7 Å². The van der Waals surface area contributed by atoms with Crippen LogP contribution in [0.2, 0.25) is 0 Å². The predicted octanol–water partition coefficient (Wildman–Crippen LogP) is 1.98. The van der Waals surface area contributed by atoms with Gasteiger partial charge in [-0.25, -0.2) is 5.84 Å². The summed E-state index contributed by atoms with van der Waals surface area (Å²) < 4.78 is 6.19. The molecule has 26 heavy (non-hydrogen) atoms. The minimum absolute atomic E-state index is 0.108. The highest BCUT2D eigenvalue weighted by molar-refractivity contribution is 5.94. The van der Waals surface area contributed by atoms with Gasteiger partial charge in [0.15, 0.2) is 6.23 Å². The molecule has 0 spiro atoms. The Labute approximate surface area is 154 Å². The van der Waals surface area contributed by atoms with Crippen LogP contribution in [0.15, 0.2) is 48.5 Å². The number of piperazine rings is 1. The Kier molecular flexibility index (Phi) is 6.22. The third kappa shape index (κ3) is 4.40. The summed E-state index contributed by atoms with van der Waals surface area (Å²) in [5.74, 6) is 5.74. The molecular weight excluding hydrogens is 328 g/mol. The summed E-state index contributed by atoms with van der Waals surface area (Å²) in [5, 5.41) is 3.37. The molecule has 2 aromatic carbocycles. The summed E-state index contributed by atoms with van der Waals surface area (Å²) in [5.41, 5.74) is 4.79. The second-order valence-corrected chi connectivity index (χ2v) is 6.34. The molecule has 0 saturated carbocycles. The fraction of sp³-hybridized carbons (Fsp3) is 0.350. The number of amides is 1. The molecule has 1 aliphatic heterocycles. The Morgan fingerprint density at radius 1 is 1.12 bits per heavy atom. The smallest absolute Gasteiger partial charge is 0.265 e. The van der Waals surface area contributed by atoms with Gasteiger partial charge in [0.25, 0.3) is 5.91 Å². The van der Waals surface area contributed by atoms with E-state index in [0.717, 1.165) is 49.5 Å². The predicted molar refractivity (Wildman–Crippen MR) is 103 cm³/mol. The van der Waals surface area contributed by atoms with E-state index in [1.807, 2.05) is 36.4 Å². The monoisotopic (exact) mass is 354 g/mol. The topological polar surface area (TPSA) is 79.6 Å². The maximum Gasteiger partial charge on any atom is 0.265 e. The highest BCUT2D eigenvalue weighted by atomic mass is 16.5. The lowest BCUT2D eigenvalue weighted by atomic mass is 10.0. The van der Waals surface area contributed by atoms with Crippen LogP contribution in [0.25, 0.3) is 11.1 Å². The first-order valence-electron chi connectivity index (χ1n) is 9.04. The van der Waals surface area contributed by atoms with Gasteiger partial charge in [-0.15, -0.1) is 0 Å². The molecule has 1 amide bonds. The Hall–Kier alpha value is -2.41. The Morgan fingerprint density at radius 3 is 2.23 bits per heavy atom. The van der Waals surface area contributed by atoms with Gasteiger partial charge in [0.2, 0.25) is 0 Å². The number of ether oxygens (including phenoxy) is 1. The quantitative estimate of drug-likeness (QED) is 0.420. The summed E-state index contributed by atoms with van der Waals surface area (Å²) in [4.78, 5) is 13.9. The van der Waals surface area contributed by atoms with Gasteiger partial charge in [-0.3, -0.25) is 15.1 Å². The SMILES string of the molecule is CCC(Oc1ccc(-c2ccc(C(=O)NN)cc2)cc1)N1CCNCC1. The number of hydrazine groups is 1. The van der Waals surface area contributed by atoms with Crippen LogP contribution >= 0.6 is 0 Å². The van der Waals surface area contributed by atoms with Gasteiger partial charge in [0, 0.05) is 31.7 Å². The van der Waals surface area contributed by atoms with Crippen molar-refractivity contribution in [3.63, 3.8) is 0 Å². The number of rotatable bonds is 6. The molecule has 6 heteroatoms. The minimum atomic E-state index is -0.293. The molecule has 4 N–H and O–H groups in total. The zero-order valence-corrected chi connectivity index (χ0v) is 15.1. The number of hydrogen-bond donors (Lipinski definition) is 3. The van der Waals surface area contributed by atoms with Crippen LogP contribution in [0.3, 0.4) is 0 Å². The number of carbonyl (C=O) groups excluding carboxylic acids is 1. The van der Waals surface area contributed by atoms with Crippen LogP contribution in [-0.4, -0.2) is 43.2 Å². The number of nitrogen functional groups attached to an aromatic ring is 1. The van der Waals surface area contributed by atoms with Crippen molar-refractivity contribution in [1.82, 2.24) is 15.6 Å². The molecule has 0 bridgehead atoms. The van der Waals surface area contributed by atoms with Gasteiger partial charge in [-0.2, -0.15) is 0 Å². The van der Waals surface area contributed by atoms with Gasteiger partial charge in [-0.1, -0.05) is 31.2 Å². The van der Waals surface area contributed by atoms with Crippen molar-refractivity contribution in [3.8, 4) is 16.9 Å². The van der Waals surface area contributed by atoms with Crippen molar-refractivity contribution in [2.75, 3.05) is 26.2 Å². The fourth-order valence-electron chi connectivity index (χ4n) is 3.17. The van der Waals surface area contributed by atoms with Crippen molar-refractivity contribution in [2.45, 2.75) is 19.6 Å². The standard InChI is InChI=1S/C20H26N4O2/c1-2-19(24-13-11-22-12-14-24)26-18-9-7-16(8-10-18)15-3-5-17(6-4-15)20(25)23-21/h3-10,19,22H,2,11-14,21H2,1H3,(H,23,25). The summed E-state index contributed by atoms with van der Waals surface area (Å²) in [6.07, 6.45) is 1.06. The van der Waals surface area contributed by atoms with Crippen LogP contribution in [0.5, 0.6) is 5.75 Å². The van der Waals surface area contributed by atoms with E-state index in [-0.39, 0.29) is 12.1 Å². The van der Waals surface area contributed by atoms with Gasteiger partial charge in [0.05, 0.1) is 0 Å². The molecule has 1 aliphatic rings. The number of benzene rings is 2. The Bertz CT molecular complexity index is 710. The van der Waals surface area contributed by atoms with Crippen LogP contribution in [0, 0.1) is 0 Å². The normalized spacial score (nSPS) is 16.1. The van der Waals surface area contributed by atoms with E-state index in [2.05, 4.69) is 22.6 Å². The second kappa shape index (κ2) is 8.80. The molecule has 0 aliphatic carbocycles. The first-order chi connectivity index (χ1) is 12.7. The summed E-state index contributed by atoms with van der Waals surface area (Å²) in [7, 11) is 0. The second-order valence-electron chi connectivity index (χ2n) is 6.34. The molecule has 1 atom stereocenters. The van der Waals surface area contributed by atoms with Gasteiger partial charge < -0.3 is 10.1 Å². The third-order valence-corrected chi connectivity index (χ3v) is 4.65. The number of nitrogens with one attached hydrogen (secondary N) is 2. The van der Waals surface area contributed by atoms with E-state index in [9.17, 15) is 4.79 Å². The van der Waals surface area contributed by atoms with Crippen LogP contribution in [-0.2, 0) is 0 Å². The highest BCUT2D eigenvalue weighted by Crippen LogP contribution is 2.24. The van der Waals surface area contributed by atoms with Crippen LogP contribution in [0.4, 0.5) is 0 Å².